The molecule has 2 aromatic heterocycles. The number of nitrogens with one attached hydrogen (secondary N) is 2. The van der Waals surface area contributed by atoms with E-state index in [0.29, 0.717) is 17.8 Å². The summed E-state index contributed by atoms with van der Waals surface area (Å²) in [5.41, 5.74) is 5.12. The Morgan fingerprint density at radius 2 is 1.50 bits per heavy atom. The smallest absolute Gasteiger partial charge is 0.259 e. The van der Waals surface area contributed by atoms with Crippen LogP contribution in [0.5, 0.6) is 5.75 Å². The lowest BCUT2D eigenvalue weighted by Crippen LogP contribution is -2.26. The van der Waals surface area contributed by atoms with Crippen LogP contribution in [0.3, 0.4) is 0 Å². The standard InChI is InChI=1S/C33H32N4O3/c1-3-36(4-2)17-18-37-20-26(24-14-10-16-28(31(24)37)40-21-22-11-6-5-7-12-22)30-29(32(38)35-33(30)39)25-19-34-27-15-9-8-13-23(25)27/h5-16,19-20,34H,3-4,17-18,21H2,1-2H3,(H,35,38,39). The number of likely N-dealkylation sites (N-methyl/N-ethyl adjacent to an activating group) is 1. The Morgan fingerprint density at radius 3 is 2.27 bits per heavy atom. The number of ether oxygens (including phenoxy) is 1. The molecule has 0 fully saturated rings. The van der Waals surface area contributed by atoms with E-state index in [9.17, 15) is 9.59 Å². The summed E-state index contributed by atoms with van der Waals surface area (Å²) in [4.78, 5) is 32.2. The van der Waals surface area contributed by atoms with Gasteiger partial charge in [-0.05, 0) is 30.8 Å². The molecule has 7 heteroatoms. The van der Waals surface area contributed by atoms with Crippen molar-refractivity contribution in [3.63, 3.8) is 0 Å². The highest BCUT2D eigenvalue weighted by Gasteiger charge is 2.35. The number of H-pyrrole nitrogens is 1. The maximum atomic E-state index is 13.4. The highest BCUT2D eigenvalue weighted by atomic mass is 16.5. The molecule has 3 heterocycles. The largest absolute Gasteiger partial charge is 0.487 e. The van der Waals surface area contributed by atoms with Crippen molar-refractivity contribution in [1.29, 1.82) is 0 Å². The Morgan fingerprint density at radius 1 is 0.800 bits per heavy atom. The van der Waals surface area contributed by atoms with Crippen LogP contribution in [0, 0.1) is 0 Å². The van der Waals surface area contributed by atoms with Gasteiger partial charge in [-0.3, -0.25) is 14.9 Å². The van der Waals surface area contributed by atoms with Crippen LogP contribution < -0.4 is 10.1 Å². The van der Waals surface area contributed by atoms with Gasteiger partial charge in [-0.2, -0.15) is 0 Å². The lowest BCUT2D eigenvalue weighted by atomic mass is 9.95. The lowest BCUT2D eigenvalue weighted by Gasteiger charge is -2.19. The van der Waals surface area contributed by atoms with Crippen molar-refractivity contribution < 1.29 is 14.3 Å². The van der Waals surface area contributed by atoms with Gasteiger partial charge in [-0.1, -0.05) is 74.5 Å². The van der Waals surface area contributed by atoms with Crippen molar-refractivity contribution in [3.8, 4) is 5.75 Å². The van der Waals surface area contributed by atoms with E-state index in [2.05, 4.69) is 33.6 Å². The van der Waals surface area contributed by atoms with Gasteiger partial charge in [0.2, 0.25) is 0 Å². The Kier molecular flexibility index (Phi) is 6.97. The number of benzene rings is 3. The molecule has 0 radical (unpaired) electrons. The second kappa shape index (κ2) is 10.9. The van der Waals surface area contributed by atoms with Gasteiger partial charge in [-0.25, -0.2) is 0 Å². The van der Waals surface area contributed by atoms with E-state index in [-0.39, 0.29) is 11.8 Å². The maximum absolute atomic E-state index is 13.4. The first-order valence-corrected chi connectivity index (χ1v) is 13.8. The minimum absolute atomic E-state index is 0.384. The molecule has 0 unspecified atom stereocenters. The molecule has 0 saturated carbocycles. The summed E-state index contributed by atoms with van der Waals surface area (Å²) in [7, 11) is 0. The van der Waals surface area contributed by atoms with Gasteiger partial charge in [-0.15, -0.1) is 0 Å². The summed E-state index contributed by atoms with van der Waals surface area (Å²) >= 11 is 0. The first-order valence-electron chi connectivity index (χ1n) is 13.8. The molecule has 40 heavy (non-hydrogen) atoms. The summed E-state index contributed by atoms with van der Waals surface area (Å²) in [6.07, 6.45) is 3.82. The van der Waals surface area contributed by atoms with Crippen molar-refractivity contribution in [3.05, 3.63) is 102 Å². The van der Waals surface area contributed by atoms with E-state index in [1.54, 1.807) is 0 Å². The minimum atomic E-state index is -0.385. The van der Waals surface area contributed by atoms with Crippen LogP contribution in [0.15, 0.2) is 85.2 Å². The fourth-order valence-electron chi connectivity index (χ4n) is 5.59. The van der Waals surface area contributed by atoms with Gasteiger partial charge >= 0.3 is 0 Å². The van der Waals surface area contributed by atoms with Gasteiger partial charge in [0, 0.05) is 52.9 Å². The molecule has 0 aliphatic carbocycles. The van der Waals surface area contributed by atoms with Crippen LogP contribution in [0.25, 0.3) is 33.0 Å². The molecule has 1 aliphatic rings. The number of aromatic nitrogens is 2. The zero-order valence-corrected chi connectivity index (χ0v) is 22.7. The van der Waals surface area contributed by atoms with E-state index in [4.69, 9.17) is 4.74 Å². The van der Waals surface area contributed by atoms with Gasteiger partial charge in [0.1, 0.15) is 12.4 Å². The Hall–Kier alpha value is -4.62. The zero-order chi connectivity index (χ0) is 27.6. The molecule has 0 saturated heterocycles. The second-order valence-electron chi connectivity index (χ2n) is 9.97. The van der Waals surface area contributed by atoms with Crippen molar-refractivity contribution in [2.24, 2.45) is 0 Å². The second-order valence-corrected chi connectivity index (χ2v) is 9.97. The highest BCUT2D eigenvalue weighted by molar-refractivity contribution is 6.50. The quantitative estimate of drug-likeness (QED) is 0.229. The third-order valence-corrected chi connectivity index (χ3v) is 7.71. The summed E-state index contributed by atoms with van der Waals surface area (Å²) < 4.78 is 8.53. The van der Waals surface area contributed by atoms with E-state index >= 15 is 0 Å². The molecule has 2 amide bonds. The molecule has 1 aliphatic heterocycles. The number of carbonyl (C=O) groups excluding carboxylic acids is 2. The number of fused-ring (bicyclic) bond motifs is 2. The minimum Gasteiger partial charge on any atom is -0.487 e. The fraction of sp³-hybridized carbons (Fsp3) is 0.212. The van der Waals surface area contributed by atoms with Gasteiger partial charge in [0.25, 0.3) is 11.8 Å². The number of amides is 2. The van der Waals surface area contributed by atoms with Crippen LogP contribution in [-0.2, 0) is 22.7 Å². The molecular weight excluding hydrogens is 500 g/mol. The number of para-hydroxylation sites is 2. The molecular formula is C33H32N4O3. The van der Waals surface area contributed by atoms with Crippen molar-refractivity contribution in [2.45, 2.75) is 27.0 Å². The Bertz CT molecular complexity index is 1740. The van der Waals surface area contributed by atoms with Crippen LogP contribution >= 0.6 is 0 Å². The molecule has 0 atom stereocenters. The van der Waals surface area contributed by atoms with Gasteiger partial charge in [0.05, 0.1) is 16.7 Å². The predicted octanol–water partition coefficient (Wildman–Crippen LogP) is 5.61. The first kappa shape index (κ1) is 25.6. The van der Waals surface area contributed by atoms with Crippen LogP contribution in [-0.4, -0.2) is 45.9 Å². The van der Waals surface area contributed by atoms with E-state index in [1.807, 2.05) is 85.2 Å². The number of aromatic amines is 1. The number of nitrogens with zero attached hydrogens (tertiary/aromatic N) is 2. The van der Waals surface area contributed by atoms with E-state index < -0.39 is 0 Å². The predicted molar refractivity (Wildman–Crippen MR) is 159 cm³/mol. The van der Waals surface area contributed by atoms with Crippen molar-refractivity contribution in [1.82, 2.24) is 19.8 Å². The molecule has 0 bridgehead atoms. The summed E-state index contributed by atoms with van der Waals surface area (Å²) in [6.45, 7) is 8.21. The number of rotatable bonds is 10. The molecule has 5 aromatic rings. The SMILES string of the molecule is CCN(CC)CCn1cc(C2=C(c3c[nH]c4ccccc34)C(=O)NC2=O)c2cccc(OCc3ccccc3)c21. The maximum Gasteiger partial charge on any atom is 0.259 e. The molecule has 202 valence electrons. The van der Waals surface area contributed by atoms with Gasteiger partial charge in [0.15, 0.2) is 0 Å². The normalized spacial score (nSPS) is 13.7. The molecule has 7 nitrogen and oxygen atoms in total. The van der Waals surface area contributed by atoms with Crippen LogP contribution in [0.2, 0.25) is 0 Å². The molecule has 6 rings (SSSR count). The van der Waals surface area contributed by atoms with Crippen molar-refractivity contribution >= 4 is 44.8 Å². The number of carbonyl (C=O) groups is 2. The third-order valence-electron chi connectivity index (χ3n) is 7.71. The number of hydrogen-bond acceptors (Lipinski definition) is 4. The summed E-state index contributed by atoms with van der Waals surface area (Å²) in [5.74, 6) is -0.0277. The monoisotopic (exact) mass is 532 g/mol. The zero-order valence-electron chi connectivity index (χ0n) is 22.7. The highest BCUT2D eigenvalue weighted by Crippen LogP contribution is 2.40. The summed E-state index contributed by atoms with van der Waals surface area (Å²) in [5, 5.41) is 4.33. The van der Waals surface area contributed by atoms with E-state index in [0.717, 1.165) is 70.4 Å². The molecule has 3 aromatic carbocycles. The molecule has 0 spiro atoms. The Balaban J connectivity index is 1.52. The lowest BCUT2D eigenvalue weighted by molar-refractivity contribution is -0.122. The Labute approximate surface area is 233 Å². The van der Waals surface area contributed by atoms with E-state index in [1.165, 1.54) is 0 Å². The number of hydrogen-bond donors (Lipinski definition) is 2. The third kappa shape index (κ3) is 4.58. The molecule has 2 N–H and O–H groups in total. The average Bonchev–Trinajstić information content (AvgIpc) is 3.65. The summed E-state index contributed by atoms with van der Waals surface area (Å²) in [6, 6.07) is 23.8. The van der Waals surface area contributed by atoms with Crippen molar-refractivity contribution in [2.75, 3.05) is 19.6 Å². The number of imide groups is 1. The topological polar surface area (TPSA) is 79.4 Å². The van der Waals surface area contributed by atoms with Crippen LogP contribution in [0.4, 0.5) is 0 Å². The fourth-order valence-corrected chi connectivity index (χ4v) is 5.59. The van der Waals surface area contributed by atoms with Gasteiger partial charge < -0.3 is 19.2 Å². The van der Waals surface area contributed by atoms with Crippen LogP contribution in [0.1, 0.15) is 30.5 Å². The first-order chi connectivity index (χ1) is 19.6. The average molecular weight is 533 g/mol.